The van der Waals surface area contributed by atoms with Gasteiger partial charge < -0.3 is 19.1 Å². The number of carbonyl (C=O) groups is 1. The van der Waals surface area contributed by atoms with Gasteiger partial charge in [0.2, 0.25) is 0 Å². The summed E-state index contributed by atoms with van der Waals surface area (Å²) >= 11 is 0. The van der Waals surface area contributed by atoms with E-state index in [0.29, 0.717) is 24.5 Å². The Balaban J connectivity index is 2.09. The average Bonchev–Trinajstić information content (AvgIpc) is 2.86. The molecular weight excluding hydrogens is 289 g/mol. The standard InChI is InChI=1S/C16H20FNO4/c1-4-21-16(19)8-7-15-18(10-11(2)22-15)12-5-6-14(20-3)13(17)9-12/h5-6,9-10,15H,4,7-8H2,1-3H3. The Morgan fingerprint density at radius 3 is 2.86 bits per heavy atom. The largest absolute Gasteiger partial charge is 0.494 e. The Bertz CT molecular complexity index is 573. The van der Waals surface area contributed by atoms with Gasteiger partial charge in [0.1, 0.15) is 5.76 Å². The minimum atomic E-state index is -0.443. The number of esters is 1. The second-order valence-electron chi connectivity index (χ2n) is 4.88. The molecule has 0 amide bonds. The van der Waals surface area contributed by atoms with Gasteiger partial charge in [0.05, 0.1) is 20.1 Å². The third-order valence-electron chi connectivity index (χ3n) is 3.29. The summed E-state index contributed by atoms with van der Waals surface area (Å²) in [6, 6.07) is 4.70. The lowest BCUT2D eigenvalue weighted by atomic mass is 10.2. The molecule has 0 saturated carbocycles. The van der Waals surface area contributed by atoms with Crippen molar-refractivity contribution in [2.45, 2.75) is 32.9 Å². The molecule has 0 saturated heterocycles. The van der Waals surface area contributed by atoms with Gasteiger partial charge in [0.15, 0.2) is 17.8 Å². The first-order chi connectivity index (χ1) is 10.5. The Kier molecular flexibility index (Phi) is 5.25. The first kappa shape index (κ1) is 16.1. The lowest BCUT2D eigenvalue weighted by Crippen LogP contribution is -2.28. The molecular formula is C16H20FNO4. The first-order valence-corrected chi connectivity index (χ1v) is 7.17. The van der Waals surface area contributed by atoms with Gasteiger partial charge in [-0.05, 0) is 26.0 Å². The molecule has 5 nitrogen and oxygen atoms in total. The Labute approximate surface area is 129 Å². The van der Waals surface area contributed by atoms with Gasteiger partial charge in [-0.1, -0.05) is 0 Å². The van der Waals surface area contributed by atoms with Crippen molar-refractivity contribution in [3.8, 4) is 5.75 Å². The van der Waals surface area contributed by atoms with Crippen molar-refractivity contribution in [2.75, 3.05) is 18.6 Å². The number of halogens is 1. The van der Waals surface area contributed by atoms with Crippen LogP contribution >= 0.6 is 0 Å². The molecule has 1 heterocycles. The van der Waals surface area contributed by atoms with E-state index >= 15 is 0 Å². The zero-order chi connectivity index (χ0) is 16.1. The number of rotatable bonds is 6. The van der Waals surface area contributed by atoms with Crippen LogP contribution in [0.25, 0.3) is 0 Å². The summed E-state index contributed by atoms with van der Waals surface area (Å²) in [7, 11) is 1.42. The van der Waals surface area contributed by atoms with Crippen molar-refractivity contribution in [3.63, 3.8) is 0 Å². The van der Waals surface area contributed by atoms with Gasteiger partial charge in [-0.15, -0.1) is 0 Å². The molecule has 0 N–H and O–H groups in total. The number of anilines is 1. The molecule has 0 bridgehead atoms. The van der Waals surface area contributed by atoms with Crippen LogP contribution in [0, 0.1) is 5.82 Å². The molecule has 0 fully saturated rings. The molecule has 120 valence electrons. The molecule has 2 rings (SSSR count). The van der Waals surface area contributed by atoms with Crippen LogP contribution in [0.5, 0.6) is 5.75 Å². The molecule has 1 aromatic carbocycles. The van der Waals surface area contributed by atoms with E-state index in [0.717, 1.165) is 0 Å². The molecule has 1 aromatic rings. The van der Waals surface area contributed by atoms with Gasteiger partial charge in [0.25, 0.3) is 0 Å². The van der Waals surface area contributed by atoms with Crippen LogP contribution in [0.3, 0.4) is 0 Å². The number of ether oxygens (including phenoxy) is 3. The maximum absolute atomic E-state index is 13.9. The number of nitrogens with zero attached hydrogens (tertiary/aromatic N) is 1. The third kappa shape index (κ3) is 3.69. The fraction of sp³-hybridized carbons (Fsp3) is 0.438. The Hall–Kier alpha value is -2.24. The zero-order valence-corrected chi connectivity index (χ0v) is 13.0. The summed E-state index contributed by atoms with van der Waals surface area (Å²) in [6.07, 6.45) is 2.14. The lowest BCUT2D eigenvalue weighted by molar-refractivity contribution is -0.143. The summed E-state index contributed by atoms with van der Waals surface area (Å²) < 4.78 is 29.4. The van der Waals surface area contributed by atoms with Crippen LogP contribution in [0.2, 0.25) is 0 Å². The van der Waals surface area contributed by atoms with E-state index in [1.54, 1.807) is 30.2 Å². The van der Waals surface area contributed by atoms with E-state index in [2.05, 4.69) is 0 Å². The Morgan fingerprint density at radius 2 is 2.23 bits per heavy atom. The predicted octanol–water partition coefficient (Wildman–Crippen LogP) is 3.20. The van der Waals surface area contributed by atoms with Crippen molar-refractivity contribution in [1.82, 2.24) is 0 Å². The van der Waals surface area contributed by atoms with Crippen LogP contribution in [0.15, 0.2) is 30.2 Å². The summed E-state index contributed by atoms with van der Waals surface area (Å²) in [5.41, 5.74) is 0.643. The maximum atomic E-state index is 13.9. The number of hydrogen-bond acceptors (Lipinski definition) is 5. The number of carbonyl (C=O) groups excluding carboxylic acids is 1. The van der Waals surface area contributed by atoms with E-state index < -0.39 is 5.82 Å². The topological polar surface area (TPSA) is 48.0 Å². The molecule has 1 aliphatic rings. The highest BCUT2D eigenvalue weighted by molar-refractivity contribution is 5.69. The van der Waals surface area contributed by atoms with Crippen molar-refractivity contribution in [1.29, 1.82) is 0 Å². The molecule has 0 aromatic heterocycles. The summed E-state index contributed by atoms with van der Waals surface area (Å²) in [5.74, 6) is 0.191. The number of benzene rings is 1. The van der Waals surface area contributed by atoms with E-state index in [4.69, 9.17) is 14.2 Å². The minimum Gasteiger partial charge on any atom is -0.494 e. The summed E-state index contributed by atoms with van der Waals surface area (Å²) in [4.78, 5) is 13.3. The molecule has 1 unspecified atom stereocenters. The van der Waals surface area contributed by atoms with Crippen LogP contribution in [0.4, 0.5) is 10.1 Å². The second kappa shape index (κ2) is 7.15. The van der Waals surface area contributed by atoms with E-state index in [9.17, 15) is 9.18 Å². The van der Waals surface area contributed by atoms with Crippen molar-refractivity contribution < 1.29 is 23.4 Å². The first-order valence-electron chi connectivity index (χ1n) is 7.17. The van der Waals surface area contributed by atoms with Gasteiger partial charge in [-0.2, -0.15) is 0 Å². The second-order valence-corrected chi connectivity index (χ2v) is 4.88. The summed E-state index contributed by atoms with van der Waals surface area (Å²) in [5, 5.41) is 0. The summed E-state index contributed by atoms with van der Waals surface area (Å²) in [6.45, 7) is 3.94. The highest BCUT2D eigenvalue weighted by Crippen LogP contribution is 2.31. The van der Waals surface area contributed by atoms with Crippen LogP contribution in [-0.2, 0) is 14.3 Å². The van der Waals surface area contributed by atoms with Gasteiger partial charge in [0, 0.05) is 24.4 Å². The van der Waals surface area contributed by atoms with Crippen LogP contribution in [0.1, 0.15) is 26.7 Å². The van der Waals surface area contributed by atoms with Gasteiger partial charge >= 0.3 is 5.97 Å². The van der Waals surface area contributed by atoms with Gasteiger partial charge in [-0.3, -0.25) is 4.79 Å². The SMILES string of the molecule is CCOC(=O)CCC1OC(C)=CN1c1ccc(OC)c(F)c1. The number of allylic oxidation sites excluding steroid dienone is 1. The Morgan fingerprint density at radius 1 is 1.45 bits per heavy atom. The fourth-order valence-corrected chi connectivity index (χ4v) is 2.31. The lowest BCUT2D eigenvalue weighted by Gasteiger charge is -2.24. The van der Waals surface area contributed by atoms with Crippen molar-refractivity contribution >= 4 is 11.7 Å². The van der Waals surface area contributed by atoms with Crippen LogP contribution < -0.4 is 9.64 Å². The molecule has 0 radical (unpaired) electrons. The minimum absolute atomic E-state index is 0.188. The van der Waals surface area contributed by atoms with E-state index in [1.165, 1.54) is 13.2 Å². The highest BCUT2D eigenvalue weighted by Gasteiger charge is 2.26. The number of hydrogen-bond donors (Lipinski definition) is 0. The molecule has 6 heteroatoms. The molecule has 1 atom stereocenters. The van der Waals surface area contributed by atoms with Crippen molar-refractivity contribution in [3.05, 3.63) is 36.0 Å². The fourth-order valence-electron chi connectivity index (χ4n) is 2.31. The van der Waals surface area contributed by atoms with E-state index in [1.807, 2.05) is 6.92 Å². The number of methoxy groups -OCH3 is 1. The smallest absolute Gasteiger partial charge is 0.305 e. The molecule has 1 aliphatic heterocycles. The zero-order valence-electron chi connectivity index (χ0n) is 13.0. The average molecular weight is 309 g/mol. The molecule has 22 heavy (non-hydrogen) atoms. The van der Waals surface area contributed by atoms with Gasteiger partial charge in [-0.25, -0.2) is 4.39 Å². The van der Waals surface area contributed by atoms with Crippen LogP contribution in [-0.4, -0.2) is 25.9 Å². The predicted molar refractivity (Wildman–Crippen MR) is 79.9 cm³/mol. The highest BCUT2D eigenvalue weighted by atomic mass is 19.1. The quantitative estimate of drug-likeness (QED) is 0.755. The molecule has 0 aliphatic carbocycles. The van der Waals surface area contributed by atoms with E-state index in [-0.39, 0.29) is 24.4 Å². The third-order valence-corrected chi connectivity index (χ3v) is 3.29. The maximum Gasteiger partial charge on any atom is 0.305 e. The normalized spacial score (nSPS) is 17.0. The monoisotopic (exact) mass is 309 g/mol. The molecule has 0 spiro atoms. The van der Waals surface area contributed by atoms with Crippen molar-refractivity contribution in [2.24, 2.45) is 0 Å².